The molecule has 6 rings (SSSR count). The van der Waals surface area contributed by atoms with Gasteiger partial charge >= 0.3 is 12.1 Å². The van der Waals surface area contributed by atoms with Crippen LogP contribution in [-0.4, -0.2) is 64.2 Å². The molecule has 4 fully saturated rings. The minimum Gasteiger partial charge on any atom is -0.444 e. The number of ether oxygens (including phenoxy) is 1. The zero-order valence-corrected chi connectivity index (χ0v) is 21.3. The average Bonchev–Trinajstić information content (AvgIpc) is 3.28. The maximum atomic E-state index is 13.4. The van der Waals surface area contributed by atoms with Crippen LogP contribution in [-0.2, 0) is 21.0 Å². The fraction of sp³-hybridized carbons (Fsp3) is 0.667. The van der Waals surface area contributed by atoms with Crippen LogP contribution in [0.2, 0.25) is 0 Å². The highest BCUT2D eigenvalue weighted by Gasteiger charge is 2.64. The molecule has 3 heterocycles. The lowest BCUT2D eigenvalue weighted by Gasteiger charge is -2.39. The molecule has 2 bridgehead atoms. The lowest BCUT2D eigenvalue weighted by molar-refractivity contribution is -0.153. The van der Waals surface area contributed by atoms with Gasteiger partial charge in [0.2, 0.25) is 0 Å². The number of benzene rings is 1. The Hall–Kier alpha value is -2.81. The first kappa shape index (κ1) is 23.6. The van der Waals surface area contributed by atoms with E-state index < -0.39 is 5.60 Å². The van der Waals surface area contributed by atoms with E-state index in [1.165, 1.54) is 0 Å². The molecule has 0 aromatic heterocycles. The number of hydrogen-bond donors (Lipinski definition) is 1. The van der Waals surface area contributed by atoms with Gasteiger partial charge in [-0.05, 0) is 63.9 Å². The highest BCUT2D eigenvalue weighted by Crippen LogP contribution is 2.59. The molecule has 2 saturated heterocycles. The number of urea groups is 1. The number of carbonyl (C=O) groups excluding carboxylic acids is 2. The van der Waals surface area contributed by atoms with Crippen molar-refractivity contribution in [3.63, 3.8) is 0 Å². The number of oxime groups is 1. The Bertz CT molecular complexity index is 1040. The molecule has 5 aliphatic rings. The molecule has 1 aromatic carbocycles. The van der Waals surface area contributed by atoms with Crippen molar-refractivity contribution in [2.24, 2.45) is 16.5 Å². The Labute approximate surface area is 212 Å². The minimum absolute atomic E-state index is 0.00713. The van der Waals surface area contributed by atoms with Crippen molar-refractivity contribution in [1.82, 2.24) is 15.3 Å². The number of alkyl carbamates (subject to hydrolysis) is 1. The molecule has 9 heteroatoms. The number of hydroxylamine groups is 2. The molecule has 9 nitrogen and oxygen atoms in total. The maximum Gasteiger partial charge on any atom is 0.407 e. The van der Waals surface area contributed by atoms with Crippen LogP contribution >= 0.6 is 0 Å². The minimum atomic E-state index is -0.502. The topological polar surface area (TPSA) is 92.7 Å². The van der Waals surface area contributed by atoms with E-state index in [0.717, 1.165) is 49.8 Å². The van der Waals surface area contributed by atoms with Crippen LogP contribution in [0.5, 0.6) is 0 Å². The van der Waals surface area contributed by atoms with Gasteiger partial charge in [0.1, 0.15) is 18.3 Å². The Morgan fingerprint density at radius 1 is 1.22 bits per heavy atom. The summed E-state index contributed by atoms with van der Waals surface area (Å²) in [7, 11) is 0. The molecule has 1 N–H and O–H groups in total. The smallest absolute Gasteiger partial charge is 0.407 e. The van der Waals surface area contributed by atoms with Gasteiger partial charge in [0.25, 0.3) is 0 Å². The van der Waals surface area contributed by atoms with Gasteiger partial charge in [-0.15, -0.1) is 0 Å². The molecule has 2 aliphatic carbocycles. The summed E-state index contributed by atoms with van der Waals surface area (Å²) in [6, 6.07) is 10.1. The van der Waals surface area contributed by atoms with E-state index >= 15 is 0 Å². The van der Waals surface area contributed by atoms with Gasteiger partial charge in [-0.25, -0.2) is 9.59 Å². The van der Waals surface area contributed by atoms with E-state index in [9.17, 15) is 9.59 Å². The van der Waals surface area contributed by atoms with E-state index in [4.69, 9.17) is 14.4 Å². The zero-order valence-electron chi connectivity index (χ0n) is 21.3. The summed E-state index contributed by atoms with van der Waals surface area (Å²) in [6.07, 6.45) is 5.26. The van der Waals surface area contributed by atoms with Crippen molar-refractivity contribution in [3.05, 3.63) is 35.9 Å². The Morgan fingerprint density at radius 2 is 1.97 bits per heavy atom. The highest BCUT2D eigenvalue weighted by atomic mass is 16.7. The van der Waals surface area contributed by atoms with Crippen molar-refractivity contribution in [2.45, 2.75) is 95.7 Å². The molecule has 2 saturated carbocycles. The summed E-state index contributed by atoms with van der Waals surface area (Å²) in [5.74, 6) is 0.345. The standard InChI is InChI=1S/C27H36N4O5/c1-26(2,3)35-24(32)28-19-11-18(12-19)22-13-20(29-36-22)21-14-27(9-10-27)23-15-30(21)25(33)31(23)34-16-17-7-5-4-6-8-17/h4-8,18-19,21-23H,9-16H2,1-3H3,(H,28,32)/t18-,19-,21-,22?,23+/m0/s1. The Balaban J connectivity index is 1.04. The molecule has 3 aliphatic heterocycles. The molecule has 1 spiro atoms. The normalized spacial score (nSPS) is 32.1. The number of nitrogens with one attached hydrogen (secondary N) is 1. The molecule has 1 aromatic rings. The first-order valence-electron chi connectivity index (χ1n) is 13.2. The quantitative estimate of drug-likeness (QED) is 0.637. The van der Waals surface area contributed by atoms with Crippen LogP contribution in [0.4, 0.5) is 9.59 Å². The van der Waals surface area contributed by atoms with E-state index in [0.29, 0.717) is 19.1 Å². The van der Waals surface area contributed by atoms with E-state index in [-0.39, 0.29) is 41.8 Å². The largest absolute Gasteiger partial charge is 0.444 e. The second kappa shape index (κ2) is 8.64. The molecule has 3 amide bonds. The van der Waals surface area contributed by atoms with Crippen LogP contribution in [0, 0.1) is 11.3 Å². The molecular weight excluding hydrogens is 460 g/mol. The third-order valence-corrected chi connectivity index (χ3v) is 8.40. The molecular formula is C27H36N4O5. The summed E-state index contributed by atoms with van der Waals surface area (Å²) < 4.78 is 5.36. The van der Waals surface area contributed by atoms with Crippen LogP contribution in [0.25, 0.3) is 0 Å². The number of rotatable bonds is 6. The fourth-order valence-electron chi connectivity index (χ4n) is 6.21. The fourth-order valence-corrected chi connectivity index (χ4v) is 6.21. The number of hydrogen-bond acceptors (Lipinski definition) is 6. The highest BCUT2D eigenvalue weighted by molar-refractivity contribution is 5.94. The number of nitrogens with zero attached hydrogens (tertiary/aromatic N) is 3. The third kappa shape index (κ3) is 4.42. The summed E-state index contributed by atoms with van der Waals surface area (Å²) in [5, 5.41) is 9.09. The first-order chi connectivity index (χ1) is 17.2. The molecule has 194 valence electrons. The number of amides is 3. The van der Waals surface area contributed by atoms with E-state index in [2.05, 4.69) is 10.5 Å². The predicted molar refractivity (Wildman–Crippen MR) is 132 cm³/mol. The lowest BCUT2D eigenvalue weighted by Crippen LogP contribution is -2.50. The first-order valence-corrected chi connectivity index (χ1v) is 13.2. The molecule has 1 unspecified atom stereocenters. The second-order valence-electron chi connectivity index (χ2n) is 12.1. The molecule has 0 radical (unpaired) electrons. The van der Waals surface area contributed by atoms with Gasteiger partial charge in [-0.2, -0.15) is 5.06 Å². The van der Waals surface area contributed by atoms with Gasteiger partial charge in [0.15, 0.2) is 0 Å². The number of carbonyl (C=O) groups is 2. The van der Waals surface area contributed by atoms with Gasteiger partial charge in [0, 0.05) is 24.9 Å². The van der Waals surface area contributed by atoms with Crippen LogP contribution < -0.4 is 5.32 Å². The predicted octanol–water partition coefficient (Wildman–Crippen LogP) is 4.23. The van der Waals surface area contributed by atoms with E-state index in [1.54, 1.807) is 5.06 Å². The van der Waals surface area contributed by atoms with E-state index in [1.807, 2.05) is 56.0 Å². The van der Waals surface area contributed by atoms with Crippen molar-refractivity contribution in [3.8, 4) is 0 Å². The maximum absolute atomic E-state index is 13.4. The van der Waals surface area contributed by atoms with Gasteiger partial charge in [-0.3, -0.25) is 4.84 Å². The van der Waals surface area contributed by atoms with Gasteiger partial charge < -0.3 is 19.8 Å². The molecule has 3 atom stereocenters. The summed E-state index contributed by atoms with van der Waals surface area (Å²) in [6.45, 7) is 6.67. The SMILES string of the molecule is CC(C)(C)OC(=O)N[C@H]1C[C@H](C2CC([C@@H]3CC4(CC4)[C@H]4CN3C(=O)N4OCc3ccccc3)=NO2)C1. The lowest BCUT2D eigenvalue weighted by atomic mass is 9.74. The van der Waals surface area contributed by atoms with Crippen molar-refractivity contribution in [2.75, 3.05) is 6.54 Å². The van der Waals surface area contributed by atoms with Crippen LogP contribution in [0.3, 0.4) is 0 Å². The Morgan fingerprint density at radius 3 is 2.67 bits per heavy atom. The summed E-state index contributed by atoms with van der Waals surface area (Å²) in [4.78, 5) is 39.3. The number of fused-ring (bicyclic) bond motifs is 3. The zero-order chi connectivity index (χ0) is 25.1. The average molecular weight is 497 g/mol. The van der Waals surface area contributed by atoms with Crippen LogP contribution in [0.15, 0.2) is 35.5 Å². The molecule has 36 heavy (non-hydrogen) atoms. The van der Waals surface area contributed by atoms with Crippen molar-refractivity contribution >= 4 is 17.8 Å². The van der Waals surface area contributed by atoms with Gasteiger partial charge in [-0.1, -0.05) is 35.5 Å². The van der Waals surface area contributed by atoms with Gasteiger partial charge in [0.05, 0.1) is 17.8 Å². The Kier molecular flexibility index (Phi) is 5.66. The number of piperidine rings is 1. The third-order valence-electron chi connectivity index (χ3n) is 8.40. The summed E-state index contributed by atoms with van der Waals surface area (Å²) >= 11 is 0. The van der Waals surface area contributed by atoms with Crippen molar-refractivity contribution < 1.29 is 24.0 Å². The van der Waals surface area contributed by atoms with Crippen LogP contribution in [0.1, 0.15) is 64.9 Å². The monoisotopic (exact) mass is 496 g/mol. The summed E-state index contributed by atoms with van der Waals surface area (Å²) in [5.41, 5.74) is 1.66. The van der Waals surface area contributed by atoms with Crippen molar-refractivity contribution in [1.29, 1.82) is 0 Å². The second-order valence-corrected chi connectivity index (χ2v) is 12.1.